The molecule has 0 saturated carbocycles. The molecule has 25 heavy (non-hydrogen) atoms. The van der Waals surface area contributed by atoms with E-state index < -0.39 is 21.7 Å². The van der Waals surface area contributed by atoms with Gasteiger partial charge >= 0.3 is 6.18 Å². The second kappa shape index (κ2) is 6.13. The van der Waals surface area contributed by atoms with Gasteiger partial charge in [-0.1, -0.05) is 0 Å². The number of hydrogen-bond acceptors (Lipinski definition) is 5. The number of carbonyl (C=O) groups is 1. The third kappa shape index (κ3) is 3.71. The van der Waals surface area contributed by atoms with E-state index in [4.69, 9.17) is 0 Å². The normalized spacial score (nSPS) is 17.7. The first-order valence-electron chi connectivity index (χ1n) is 7.28. The molecule has 1 fully saturated rings. The molecule has 1 aliphatic rings. The molecule has 0 aromatic carbocycles. The van der Waals surface area contributed by atoms with Crippen molar-refractivity contribution in [1.82, 2.24) is 14.7 Å². The zero-order chi connectivity index (χ0) is 18.4. The van der Waals surface area contributed by atoms with Gasteiger partial charge in [-0.3, -0.25) is 9.48 Å². The number of nitrogens with zero attached hydrogens (tertiary/aromatic N) is 3. The molecule has 0 unspecified atom stereocenters. The van der Waals surface area contributed by atoms with Crippen molar-refractivity contribution in [1.29, 1.82) is 0 Å². The van der Waals surface area contributed by atoms with Crippen LogP contribution in [0.5, 0.6) is 0 Å². The quantitative estimate of drug-likeness (QED) is 0.783. The number of halogens is 3. The van der Waals surface area contributed by atoms with Gasteiger partial charge in [-0.2, -0.15) is 18.3 Å². The number of amides is 1. The summed E-state index contributed by atoms with van der Waals surface area (Å²) in [5.74, 6) is -0.476. The van der Waals surface area contributed by atoms with E-state index >= 15 is 0 Å². The molecule has 6 nitrogen and oxygen atoms in total. The molecule has 1 amide bonds. The number of carbonyl (C=O) groups excluding carboxylic acids is 1. The number of alkyl halides is 3. The summed E-state index contributed by atoms with van der Waals surface area (Å²) < 4.78 is 62.1. The van der Waals surface area contributed by atoms with E-state index in [2.05, 4.69) is 5.10 Å². The minimum absolute atomic E-state index is 0.0772. The maximum Gasteiger partial charge on any atom is 0.433 e. The van der Waals surface area contributed by atoms with Gasteiger partial charge in [-0.25, -0.2) is 8.42 Å². The molecular weight excluding hydrogens is 379 g/mol. The Morgan fingerprint density at radius 3 is 2.44 bits per heavy atom. The third-order valence-corrected chi connectivity index (χ3v) is 6.58. The van der Waals surface area contributed by atoms with Crippen LogP contribution in [-0.4, -0.2) is 53.6 Å². The molecule has 2 aromatic rings. The van der Waals surface area contributed by atoms with E-state index in [1.165, 1.54) is 18.0 Å². The van der Waals surface area contributed by atoms with Crippen LogP contribution in [0.2, 0.25) is 0 Å². The molecule has 0 N–H and O–H groups in total. The lowest BCUT2D eigenvalue weighted by Gasteiger charge is -2.26. The molecule has 0 radical (unpaired) electrons. The summed E-state index contributed by atoms with van der Waals surface area (Å²) in [6, 6.07) is 4.00. The zero-order valence-corrected chi connectivity index (χ0v) is 14.7. The fourth-order valence-corrected chi connectivity index (χ4v) is 4.65. The first-order chi connectivity index (χ1) is 11.6. The van der Waals surface area contributed by atoms with Crippen molar-refractivity contribution in [3.8, 4) is 10.6 Å². The van der Waals surface area contributed by atoms with Gasteiger partial charge in [-0.05, 0) is 18.2 Å². The van der Waals surface area contributed by atoms with Crippen molar-refractivity contribution < 1.29 is 26.4 Å². The number of hydrogen-bond donors (Lipinski definition) is 0. The molecule has 3 heterocycles. The molecule has 0 atom stereocenters. The van der Waals surface area contributed by atoms with Gasteiger partial charge in [0.05, 0.1) is 21.3 Å². The Bertz CT molecular complexity index is 901. The van der Waals surface area contributed by atoms with Crippen LogP contribution in [0.1, 0.15) is 15.4 Å². The predicted molar refractivity (Wildman–Crippen MR) is 86.1 cm³/mol. The molecule has 2 aromatic heterocycles. The van der Waals surface area contributed by atoms with Crippen LogP contribution in [0.3, 0.4) is 0 Å². The van der Waals surface area contributed by atoms with Crippen LogP contribution >= 0.6 is 11.3 Å². The molecule has 0 aliphatic carbocycles. The summed E-state index contributed by atoms with van der Waals surface area (Å²) in [6.45, 7) is 0.242. The number of thiophene rings is 1. The third-order valence-electron chi connectivity index (χ3n) is 3.87. The molecule has 136 valence electrons. The largest absolute Gasteiger partial charge is 0.433 e. The average Bonchev–Trinajstić information content (AvgIpc) is 3.12. The minimum Gasteiger partial charge on any atom is -0.336 e. The van der Waals surface area contributed by atoms with Crippen molar-refractivity contribution in [2.24, 2.45) is 7.05 Å². The summed E-state index contributed by atoms with van der Waals surface area (Å²) in [7, 11) is -1.89. The Hall–Kier alpha value is -1.88. The lowest BCUT2D eigenvalue weighted by Crippen LogP contribution is -2.43. The molecule has 11 heteroatoms. The van der Waals surface area contributed by atoms with Crippen LogP contribution < -0.4 is 0 Å². The first-order valence-corrected chi connectivity index (χ1v) is 9.92. The minimum atomic E-state index is -4.50. The van der Waals surface area contributed by atoms with Crippen molar-refractivity contribution in [3.63, 3.8) is 0 Å². The Morgan fingerprint density at radius 1 is 1.24 bits per heavy atom. The smallest absolute Gasteiger partial charge is 0.336 e. The van der Waals surface area contributed by atoms with Crippen LogP contribution in [-0.2, 0) is 23.1 Å². The standard InChI is InChI=1S/C14H14F3N3O3S2/c1-19-12(14(15,16)17)8-9(18-19)10-2-3-11(24-10)13(21)20-4-6-25(22,23)7-5-20/h2-3,8H,4-7H2,1H3. The maximum absolute atomic E-state index is 12.8. The number of rotatable bonds is 2. The van der Waals surface area contributed by atoms with Gasteiger partial charge in [0, 0.05) is 20.1 Å². The van der Waals surface area contributed by atoms with Crippen LogP contribution in [0.15, 0.2) is 18.2 Å². The van der Waals surface area contributed by atoms with Crippen LogP contribution in [0, 0.1) is 0 Å². The van der Waals surface area contributed by atoms with E-state index in [0.717, 1.165) is 22.1 Å². The summed E-state index contributed by atoms with van der Waals surface area (Å²) in [5.41, 5.74) is -0.731. The fourth-order valence-electron chi connectivity index (χ4n) is 2.51. The highest BCUT2D eigenvalue weighted by Gasteiger charge is 2.35. The lowest BCUT2D eigenvalue weighted by molar-refractivity contribution is -0.143. The van der Waals surface area contributed by atoms with Gasteiger partial charge in [0.25, 0.3) is 5.91 Å². The summed E-state index contributed by atoms with van der Waals surface area (Å²) in [5, 5.41) is 3.85. The molecule has 1 aliphatic heterocycles. The van der Waals surface area contributed by atoms with E-state index in [0.29, 0.717) is 9.75 Å². The molecular formula is C14H14F3N3O3S2. The summed E-state index contributed by atoms with van der Waals surface area (Å²) >= 11 is 1.04. The number of aryl methyl sites for hydroxylation is 1. The number of sulfone groups is 1. The highest BCUT2D eigenvalue weighted by atomic mass is 32.2. The second-order valence-electron chi connectivity index (χ2n) is 5.64. The van der Waals surface area contributed by atoms with Gasteiger partial charge < -0.3 is 4.90 Å². The van der Waals surface area contributed by atoms with Crippen molar-refractivity contribution >= 4 is 27.1 Å². The molecule has 3 rings (SSSR count). The van der Waals surface area contributed by atoms with Crippen LogP contribution in [0.4, 0.5) is 13.2 Å². The van der Waals surface area contributed by atoms with Crippen LogP contribution in [0.25, 0.3) is 10.6 Å². The SMILES string of the molecule is Cn1nc(-c2ccc(C(=O)N3CCS(=O)(=O)CC3)s2)cc1C(F)(F)F. The van der Waals surface area contributed by atoms with Gasteiger partial charge in [0.15, 0.2) is 9.84 Å². The highest BCUT2D eigenvalue weighted by molar-refractivity contribution is 7.91. The summed E-state index contributed by atoms with van der Waals surface area (Å²) in [6.07, 6.45) is -4.50. The van der Waals surface area contributed by atoms with Gasteiger partial charge in [-0.15, -0.1) is 11.3 Å². The maximum atomic E-state index is 12.8. The predicted octanol–water partition coefficient (Wildman–Crippen LogP) is 2.04. The second-order valence-corrected chi connectivity index (χ2v) is 9.03. The van der Waals surface area contributed by atoms with Crippen molar-refractivity contribution in [3.05, 3.63) is 28.8 Å². The Kier molecular flexibility index (Phi) is 4.40. The van der Waals surface area contributed by atoms with Crippen molar-refractivity contribution in [2.75, 3.05) is 24.6 Å². The van der Waals surface area contributed by atoms with E-state index in [9.17, 15) is 26.4 Å². The Balaban J connectivity index is 1.80. The molecule has 0 bridgehead atoms. The summed E-state index contributed by atoms with van der Waals surface area (Å²) in [4.78, 5) is 14.6. The van der Waals surface area contributed by atoms with E-state index in [1.54, 1.807) is 6.07 Å². The van der Waals surface area contributed by atoms with Gasteiger partial charge in [0.2, 0.25) is 0 Å². The molecule has 1 saturated heterocycles. The Morgan fingerprint density at radius 2 is 1.88 bits per heavy atom. The van der Waals surface area contributed by atoms with E-state index in [1.807, 2.05) is 0 Å². The van der Waals surface area contributed by atoms with Gasteiger partial charge in [0.1, 0.15) is 11.4 Å². The zero-order valence-electron chi connectivity index (χ0n) is 13.1. The number of aromatic nitrogens is 2. The Labute approximate surface area is 145 Å². The topological polar surface area (TPSA) is 72.3 Å². The van der Waals surface area contributed by atoms with Crippen molar-refractivity contribution in [2.45, 2.75) is 6.18 Å². The lowest BCUT2D eigenvalue weighted by atomic mass is 10.3. The first kappa shape index (κ1) is 17.9. The monoisotopic (exact) mass is 393 g/mol. The highest BCUT2D eigenvalue weighted by Crippen LogP contribution is 2.34. The van der Waals surface area contributed by atoms with E-state index in [-0.39, 0.29) is 36.2 Å². The molecule has 0 spiro atoms. The fraction of sp³-hybridized carbons (Fsp3) is 0.429. The average molecular weight is 393 g/mol.